The van der Waals surface area contributed by atoms with E-state index in [0.29, 0.717) is 23.3 Å². The fourth-order valence-corrected chi connectivity index (χ4v) is 2.37. The minimum atomic E-state index is -3.20. The second-order valence-electron chi connectivity index (χ2n) is 4.51. The van der Waals surface area contributed by atoms with Crippen molar-refractivity contribution in [2.75, 3.05) is 18.1 Å². The lowest BCUT2D eigenvalue weighted by Gasteiger charge is -2.08. The molecule has 1 aromatic carbocycles. The minimum absolute atomic E-state index is 0.252. The number of anilines is 1. The number of benzene rings is 1. The van der Waals surface area contributed by atoms with Crippen molar-refractivity contribution in [3.05, 3.63) is 36.2 Å². The van der Waals surface area contributed by atoms with Gasteiger partial charge in [0.1, 0.15) is 17.4 Å². The number of aromatic nitrogens is 2. The number of sulfone groups is 1. The van der Waals surface area contributed by atoms with E-state index in [0.717, 1.165) is 6.54 Å². The normalized spacial score (nSPS) is 11.2. The van der Waals surface area contributed by atoms with Gasteiger partial charge in [0.2, 0.25) is 5.88 Å². The van der Waals surface area contributed by atoms with Crippen molar-refractivity contribution >= 4 is 15.7 Å². The summed E-state index contributed by atoms with van der Waals surface area (Å²) in [5.41, 5.74) is 0. The first-order valence-corrected chi connectivity index (χ1v) is 8.35. The van der Waals surface area contributed by atoms with Crippen LogP contribution in [0.2, 0.25) is 0 Å². The molecule has 0 aliphatic carbocycles. The van der Waals surface area contributed by atoms with Crippen LogP contribution in [0, 0.1) is 6.92 Å². The highest BCUT2D eigenvalue weighted by atomic mass is 32.2. The molecule has 1 heterocycles. The largest absolute Gasteiger partial charge is 0.439 e. The molecule has 0 unspecified atom stereocenters. The van der Waals surface area contributed by atoms with Gasteiger partial charge in [0.05, 0.1) is 4.90 Å². The van der Waals surface area contributed by atoms with Gasteiger partial charge in [0.15, 0.2) is 9.84 Å². The van der Waals surface area contributed by atoms with Gasteiger partial charge in [-0.25, -0.2) is 13.4 Å². The van der Waals surface area contributed by atoms with Crippen LogP contribution in [0.1, 0.15) is 12.7 Å². The van der Waals surface area contributed by atoms with Crippen LogP contribution in [0.5, 0.6) is 11.6 Å². The number of nitrogens with zero attached hydrogens (tertiary/aromatic N) is 2. The minimum Gasteiger partial charge on any atom is -0.439 e. The van der Waals surface area contributed by atoms with Gasteiger partial charge in [0, 0.05) is 18.9 Å². The summed E-state index contributed by atoms with van der Waals surface area (Å²) in [4.78, 5) is 8.67. The molecule has 0 aliphatic heterocycles. The van der Waals surface area contributed by atoms with E-state index < -0.39 is 9.84 Å². The van der Waals surface area contributed by atoms with Gasteiger partial charge in [-0.1, -0.05) is 0 Å². The first-order valence-electron chi connectivity index (χ1n) is 6.46. The molecule has 2 aromatic rings. The summed E-state index contributed by atoms with van der Waals surface area (Å²) in [6, 6.07) is 7.90. The molecule has 0 atom stereocenters. The van der Waals surface area contributed by atoms with Crippen molar-refractivity contribution in [3.63, 3.8) is 0 Å². The van der Waals surface area contributed by atoms with Gasteiger partial charge < -0.3 is 10.1 Å². The first-order chi connectivity index (χ1) is 9.88. The van der Waals surface area contributed by atoms with Gasteiger partial charge >= 0.3 is 0 Å². The fourth-order valence-electron chi connectivity index (χ4n) is 1.74. The van der Waals surface area contributed by atoms with Gasteiger partial charge in [-0.15, -0.1) is 0 Å². The molecular formula is C14H17N3O3S. The maximum Gasteiger partial charge on any atom is 0.224 e. The summed E-state index contributed by atoms with van der Waals surface area (Å²) < 4.78 is 28.4. The lowest BCUT2D eigenvalue weighted by atomic mass is 10.3. The van der Waals surface area contributed by atoms with E-state index in [1.165, 1.54) is 18.4 Å². The molecule has 0 saturated heterocycles. The van der Waals surface area contributed by atoms with Crippen LogP contribution in [-0.2, 0) is 9.84 Å². The Morgan fingerprint density at radius 3 is 2.43 bits per heavy atom. The topological polar surface area (TPSA) is 81.2 Å². The van der Waals surface area contributed by atoms with Crippen molar-refractivity contribution in [1.29, 1.82) is 0 Å². The predicted octanol–water partition coefficient (Wildman–Crippen LogP) is 2.41. The van der Waals surface area contributed by atoms with Crippen molar-refractivity contribution in [3.8, 4) is 11.6 Å². The Labute approximate surface area is 124 Å². The average molecular weight is 307 g/mol. The molecule has 1 N–H and O–H groups in total. The lowest BCUT2D eigenvalue weighted by Crippen LogP contribution is -2.02. The summed E-state index contributed by atoms with van der Waals surface area (Å²) >= 11 is 0. The Bertz CT molecular complexity index is 728. The number of hydrogen-bond donors (Lipinski definition) is 1. The number of rotatable bonds is 5. The van der Waals surface area contributed by atoms with E-state index in [1.807, 2.05) is 6.92 Å². The maximum absolute atomic E-state index is 11.4. The van der Waals surface area contributed by atoms with E-state index in [4.69, 9.17) is 4.74 Å². The molecule has 0 fully saturated rings. The van der Waals surface area contributed by atoms with Crippen molar-refractivity contribution in [1.82, 2.24) is 9.97 Å². The molecule has 0 saturated carbocycles. The van der Waals surface area contributed by atoms with Crippen LogP contribution in [0.25, 0.3) is 0 Å². The highest BCUT2D eigenvalue weighted by Gasteiger charge is 2.08. The summed E-state index contributed by atoms with van der Waals surface area (Å²) in [6.07, 6.45) is 1.17. The second kappa shape index (κ2) is 6.09. The van der Waals surface area contributed by atoms with E-state index in [2.05, 4.69) is 15.3 Å². The molecule has 112 valence electrons. The molecule has 0 aliphatic rings. The molecule has 1 aromatic heterocycles. The zero-order chi connectivity index (χ0) is 15.5. The zero-order valence-corrected chi connectivity index (χ0v) is 12.9. The molecule has 2 rings (SSSR count). The van der Waals surface area contributed by atoms with Crippen molar-refractivity contribution < 1.29 is 13.2 Å². The SMILES string of the molecule is CCNc1cc(Oc2ccc(S(C)(=O)=O)cc2)nc(C)n1. The number of ether oxygens (including phenoxy) is 1. The van der Waals surface area contributed by atoms with Crippen LogP contribution in [0.3, 0.4) is 0 Å². The Balaban J connectivity index is 2.22. The van der Waals surface area contributed by atoms with E-state index in [9.17, 15) is 8.42 Å². The summed E-state index contributed by atoms with van der Waals surface area (Å²) in [7, 11) is -3.20. The molecule has 0 amide bonds. The van der Waals surface area contributed by atoms with E-state index in [1.54, 1.807) is 25.1 Å². The quantitative estimate of drug-likeness (QED) is 0.913. The first kappa shape index (κ1) is 15.2. The Morgan fingerprint density at radius 1 is 1.19 bits per heavy atom. The fraction of sp³-hybridized carbons (Fsp3) is 0.286. The predicted molar refractivity (Wildman–Crippen MR) is 80.6 cm³/mol. The van der Waals surface area contributed by atoms with Crippen LogP contribution in [0.4, 0.5) is 5.82 Å². The van der Waals surface area contributed by atoms with Gasteiger partial charge in [-0.2, -0.15) is 4.98 Å². The zero-order valence-electron chi connectivity index (χ0n) is 12.1. The number of hydrogen-bond acceptors (Lipinski definition) is 6. The molecule has 6 nitrogen and oxygen atoms in total. The standard InChI is InChI=1S/C14H17N3O3S/c1-4-15-13-9-14(17-10(2)16-13)20-11-5-7-12(8-6-11)21(3,18)19/h5-9H,4H2,1-3H3,(H,15,16,17). The molecular weight excluding hydrogens is 290 g/mol. The maximum atomic E-state index is 11.4. The number of nitrogens with one attached hydrogen (secondary N) is 1. The summed E-state index contributed by atoms with van der Waals surface area (Å²) in [6.45, 7) is 4.50. The third-order valence-electron chi connectivity index (χ3n) is 2.65. The number of aryl methyl sites for hydroxylation is 1. The average Bonchev–Trinajstić information content (AvgIpc) is 2.38. The van der Waals surface area contributed by atoms with Crippen LogP contribution < -0.4 is 10.1 Å². The molecule has 7 heteroatoms. The second-order valence-corrected chi connectivity index (χ2v) is 6.53. The molecule has 21 heavy (non-hydrogen) atoms. The van der Waals surface area contributed by atoms with Crippen LogP contribution in [0.15, 0.2) is 35.2 Å². The van der Waals surface area contributed by atoms with Crippen molar-refractivity contribution in [2.24, 2.45) is 0 Å². The van der Waals surface area contributed by atoms with E-state index in [-0.39, 0.29) is 4.90 Å². The Hall–Kier alpha value is -2.15. The third-order valence-corrected chi connectivity index (χ3v) is 3.78. The monoisotopic (exact) mass is 307 g/mol. The van der Waals surface area contributed by atoms with Gasteiger partial charge in [-0.3, -0.25) is 0 Å². The Morgan fingerprint density at radius 2 is 1.86 bits per heavy atom. The third kappa shape index (κ3) is 4.16. The highest BCUT2D eigenvalue weighted by Crippen LogP contribution is 2.23. The molecule has 0 spiro atoms. The van der Waals surface area contributed by atoms with Crippen LogP contribution in [-0.4, -0.2) is 31.2 Å². The van der Waals surface area contributed by atoms with E-state index >= 15 is 0 Å². The van der Waals surface area contributed by atoms with Gasteiger partial charge in [0.25, 0.3) is 0 Å². The smallest absolute Gasteiger partial charge is 0.224 e. The summed E-state index contributed by atoms with van der Waals surface area (Å²) in [5, 5.41) is 3.09. The highest BCUT2D eigenvalue weighted by molar-refractivity contribution is 7.90. The lowest BCUT2D eigenvalue weighted by molar-refractivity contribution is 0.460. The van der Waals surface area contributed by atoms with Crippen molar-refractivity contribution in [2.45, 2.75) is 18.7 Å². The molecule has 0 bridgehead atoms. The summed E-state index contributed by atoms with van der Waals surface area (Å²) in [5.74, 6) is 2.21. The molecule has 0 radical (unpaired) electrons. The Kier molecular flexibility index (Phi) is 4.42. The van der Waals surface area contributed by atoms with Gasteiger partial charge in [-0.05, 0) is 38.1 Å². The van der Waals surface area contributed by atoms with Crippen LogP contribution >= 0.6 is 0 Å².